The van der Waals surface area contributed by atoms with E-state index in [9.17, 15) is 5.11 Å². The summed E-state index contributed by atoms with van der Waals surface area (Å²) in [5.41, 5.74) is 1.38. The number of benzene rings is 2. The fourth-order valence-corrected chi connectivity index (χ4v) is 2.84. The lowest BCUT2D eigenvalue weighted by molar-refractivity contribution is 0.105. The number of hydrogen-bond donors (Lipinski definition) is 2. The summed E-state index contributed by atoms with van der Waals surface area (Å²) in [5.74, 6) is 2.11. The molecule has 2 aromatic heterocycles. The summed E-state index contributed by atoms with van der Waals surface area (Å²) >= 11 is 0. The number of hydrogen-bond acceptors (Lipinski definition) is 7. The van der Waals surface area contributed by atoms with Gasteiger partial charge >= 0.3 is 0 Å². The highest BCUT2D eigenvalue weighted by Gasteiger charge is 2.10. The molecule has 7 nitrogen and oxygen atoms in total. The van der Waals surface area contributed by atoms with Crippen molar-refractivity contribution in [1.29, 1.82) is 0 Å². The molecule has 1 atom stereocenters. The summed E-state index contributed by atoms with van der Waals surface area (Å²) in [6, 6.07) is 18.8. The van der Waals surface area contributed by atoms with Gasteiger partial charge in [-0.2, -0.15) is 0 Å². The Morgan fingerprint density at radius 3 is 2.72 bits per heavy atom. The molecule has 0 aliphatic rings. The molecule has 2 N–H and O–H groups in total. The Balaban J connectivity index is 1.19. The zero-order chi connectivity index (χ0) is 19.9. The van der Waals surface area contributed by atoms with E-state index in [1.807, 2.05) is 54.6 Å². The third-order valence-corrected chi connectivity index (χ3v) is 4.29. The highest BCUT2D eigenvalue weighted by molar-refractivity contribution is 5.83. The number of rotatable bonds is 10. The first kappa shape index (κ1) is 19.0. The van der Waals surface area contributed by atoms with Crippen molar-refractivity contribution in [3.05, 3.63) is 66.9 Å². The smallest absolute Gasteiger partial charge is 0.157 e. The fourth-order valence-electron chi connectivity index (χ4n) is 2.84. The molecule has 0 amide bonds. The van der Waals surface area contributed by atoms with Crippen LogP contribution in [0, 0.1) is 0 Å². The molecule has 0 fully saturated rings. The number of para-hydroxylation sites is 1. The van der Waals surface area contributed by atoms with Gasteiger partial charge in [-0.3, -0.25) is 0 Å². The highest BCUT2D eigenvalue weighted by atomic mass is 16.5. The van der Waals surface area contributed by atoms with E-state index in [4.69, 9.17) is 18.4 Å². The molecular formula is C22H22N2O5. The van der Waals surface area contributed by atoms with Crippen LogP contribution in [0.3, 0.4) is 0 Å². The minimum absolute atomic E-state index is 0.237. The normalized spacial score (nSPS) is 12.2. The van der Waals surface area contributed by atoms with E-state index in [1.54, 1.807) is 6.07 Å². The van der Waals surface area contributed by atoms with E-state index in [2.05, 4.69) is 10.5 Å². The molecule has 0 spiro atoms. The van der Waals surface area contributed by atoms with E-state index >= 15 is 0 Å². The number of nitrogens with zero attached hydrogens (tertiary/aromatic N) is 1. The molecule has 2 aromatic carbocycles. The molecule has 0 saturated carbocycles. The number of fused-ring (bicyclic) bond motifs is 1. The Morgan fingerprint density at radius 2 is 1.90 bits per heavy atom. The van der Waals surface area contributed by atoms with Crippen molar-refractivity contribution in [3.8, 4) is 23.0 Å². The zero-order valence-electron chi connectivity index (χ0n) is 15.8. The van der Waals surface area contributed by atoms with Crippen molar-refractivity contribution >= 4 is 11.0 Å². The van der Waals surface area contributed by atoms with Crippen LogP contribution in [-0.4, -0.2) is 42.7 Å². The number of furan rings is 1. The summed E-state index contributed by atoms with van der Waals surface area (Å²) in [7, 11) is 0. The molecule has 0 unspecified atom stereocenters. The van der Waals surface area contributed by atoms with Crippen LogP contribution in [0.1, 0.15) is 0 Å². The predicted octanol–water partition coefficient (Wildman–Crippen LogP) is 3.50. The summed E-state index contributed by atoms with van der Waals surface area (Å²) in [4.78, 5) is 0. The summed E-state index contributed by atoms with van der Waals surface area (Å²) in [6.45, 7) is 1.73. The first-order chi connectivity index (χ1) is 14.3. The van der Waals surface area contributed by atoms with Gasteiger partial charge in [0.25, 0.3) is 0 Å². The van der Waals surface area contributed by atoms with E-state index in [1.165, 1.54) is 6.26 Å². The highest BCUT2D eigenvalue weighted by Crippen LogP contribution is 2.29. The number of aliphatic hydroxyl groups is 1. The van der Waals surface area contributed by atoms with Gasteiger partial charge in [0, 0.05) is 30.6 Å². The molecule has 2 heterocycles. The largest absolute Gasteiger partial charge is 0.492 e. The molecular weight excluding hydrogens is 372 g/mol. The third kappa shape index (κ3) is 5.16. The maximum atomic E-state index is 9.97. The molecule has 7 heteroatoms. The van der Waals surface area contributed by atoms with Gasteiger partial charge < -0.3 is 28.8 Å². The minimum atomic E-state index is -0.593. The van der Waals surface area contributed by atoms with E-state index in [-0.39, 0.29) is 6.61 Å². The average molecular weight is 394 g/mol. The van der Waals surface area contributed by atoms with Gasteiger partial charge in [0.05, 0.1) is 0 Å². The first-order valence-corrected chi connectivity index (χ1v) is 9.42. The Bertz CT molecular complexity index is 1010. The van der Waals surface area contributed by atoms with Crippen LogP contribution in [0.2, 0.25) is 0 Å². The SMILES string of the molecule is O[C@@H](CNCCOc1ccc2cc(-c3ccon3)oc2c1)COc1ccccc1. The Hall–Kier alpha value is -3.29. The average Bonchev–Trinajstić information content (AvgIpc) is 3.42. The number of ether oxygens (including phenoxy) is 2. The lowest BCUT2D eigenvalue weighted by atomic mass is 10.2. The first-order valence-electron chi connectivity index (χ1n) is 9.42. The molecule has 0 aliphatic heterocycles. The quantitative estimate of drug-likeness (QED) is 0.398. The van der Waals surface area contributed by atoms with Crippen LogP contribution in [0.15, 0.2) is 75.9 Å². The molecule has 0 saturated heterocycles. The second-order valence-electron chi connectivity index (χ2n) is 6.53. The minimum Gasteiger partial charge on any atom is -0.492 e. The topological polar surface area (TPSA) is 89.9 Å². The van der Waals surface area contributed by atoms with Crippen molar-refractivity contribution in [1.82, 2.24) is 10.5 Å². The van der Waals surface area contributed by atoms with Crippen molar-refractivity contribution < 1.29 is 23.5 Å². The van der Waals surface area contributed by atoms with E-state index in [0.717, 1.165) is 16.7 Å². The van der Waals surface area contributed by atoms with Crippen LogP contribution in [0.4, 0.5) is 0 Å². The molecule has 150 valence electrons. The van der Waals surface area contributed by atoms with Gasteiger partial charge in [0.15, 0.2) is 5.76 Å². The van der Waals surface area contributed by atoms with Crippen molar-refractivity contribution in [2.24, 2.45) is 0 Å². The van der Waals surface area contributed by atoms with Crippen LogP contribution in [0.25, 0.3) is 22.4 Å². The monoisotopic (exact) mass is 394 g/mol. The van der Waals surface area contributed by atoms with Crippen LogP contribution in [0.5, 0.6) is 11.5 Å². The second-order valence-corrected chi connectivity index (χ2v) is 6.53. The van der Waals surface area contributed by atoms with Gasteiger partial charge in [-0.1, -0.05) is 23.4 Å². The Morgan fingerprint density at radius 1 is 1.00 bits per heavy atom. The van der Waals surface area contributed by atoms with Crippen molar-refractivity contribution in [3.63, 3.8) is 0 Å². The standard InChI is InChI=1S/C22H22N2O5/c25-17(15-27-18-4-2-1-3-5-18)14-23-9-11-26-19-7-6-16-12-22(29-21(16)13-19)20-8-10-28-24-20/h1-8,10,12-13,17,23,25H,9,11,14-15H2/t17-/m0/s1. The molecule has 0 aliphatic carbocycles. The molecule has 0 bridgehead atoms. The molecule has 0 radical (unpaired) electrons. The lowest BCUT2D eigenvalue weighted by Gasteiger charge is -2.13. The van der Waals surface area contributed by atoms with Crippen LogP contribution in [-0.2, 0) is 0 Å². The zero-order valence-corrected chi connectivity index (χ0v) is 15.8. The van der Waals surface area contributed by atoms with Crippen LogP contribution < -0.4 is 14.8 Å². The summed E-state index contributed by atoms with van der Waals surface area (Å²) in [5, 5.41) is 18.0. The summed E-state index contributed by atoms with van der Waals surface area (Å²) in [6.07, 6.45) is 0.916. The number of aliphatic hydroxyl groups excluding tert-OH is 1. The van der Waals surface area contributed by atoms with E-state index < -0.39 is 6.10 Å². The fraction of sp³-hybridized carbons (Fsp3) is 0.227. The molecule has 4 rings (SSSR count). The maximum Gasteiger partial charge on any atom is 0.157 e. The Kier molecular flexibility index (Phi) is 6.09. The number of aromatic nitrogens is 1. The third-order valence-electron chi connectivity index (χ3n) is 4.29. The number of nitrogens with one attached hydrogen (secondary N) is 1. The van der Waals surface area contributed by atoms with Crippen molar-refractivity contribution in [2.45, 2.75) is 6.10 Å². The predicted molar refractivity (Wildman–Crippen MR) is 108 cm³/mol. The lowest BCUT2D eigenvalue weighted by Crippen LogP contribution is -2.33. The molecule has 4 aromatic rings. The van der Waals surface area contributed by atoms with Crippen molar-refractivity contribution in [2.75, 3.05) is 26.3 Å². The second kappa shape index (κ2) is 9.27. The van der Waals surface area contributed by atoms with Gasteiger partial charge in [-0.15, -0.1) is 0 Å². The van der Waals surface area contributed by atoms with E-state index in [0.29, 0.717) is 36.9 Å². The van der Waals surface area contributed by atoms with Gasteiger partial charge in [0.1, 0.15) is 48.4 Å². The summed E-state index contributed by atoms with van der Waals surface area (Å²) < 4.78 is 21.9. The van der Waals surface area contributed by atoms with Gasteiger partial charge in [0.2, 0.25) is 0 Å². The van der Waals surface area contributed by atoms with Crippen LogP contribution >= 0.6 is 0 Å². The van der Waals surface area contributed by atoms with Gasteiger partial charge in [-0.25, -0.2) is 0 Å². The van der Waals surface area contributed by atoms with Gasteiger partial charge in [-0.05, 0) is 30.3 Å². The Labute approximate surface area is 167 Å². The maximum absolute atomic E-state index is 9.97. The molecule has 29 heavy (non-hydrogen) atoms.